The highest BCUT2D eigenvalue weighted by atomic mass is 35.5. The molecule has 5 atom stereocenters. The molecule has 31 heavy (non-hydrogen) atoms. The minimum atomic E-state index is -1.56. The summed E-state index contributed by atoms with van der Waals surface area (Å²) in [5, 5.41) is 50.4. The van der Waals surface area contributed by atoms with Gasteiger partial charge in [0.1, 0.15) is 30.2 Å². The summed E-state index contributed by atoms with van der Waals surface area (Å²) in [6, 6.07) is 9.68. The number of hydrogen-bond donors (Lipinski definition) is 4. The van der Waals surface area contributed by atoms with Gasteiger partial charge in [0.2, 0.25) is 6.29 Å². The molecule has 0 bridgehead atoms. The summed E-state index contributed by atoms with van der Waals surface area (Å²) in [4.78, 5) is 12.5. The lowest BCUT2D eigenvalue weighted by molar-refractivity contribution is -0.384. The summed E-state index contributed by atoms with van der Waals surface area (Å²) in [5.41, 5.74) is 2.51. The first-order valence-electron chi connectivity index (χ1n) is 9.61. The fraction of sp³-hybridized carbons (Fsp3) is 0.400. The summed E-state index contributed by atoms with van der Waals surface area (Å²) in [5.74, 6) is 0.179. The maximum Gasteiger partial charge on any atom is 0.269 e. The van der Waals surface area contributed by atoms with Gasteiger partial charge in [-0.3, -0.25) is 10.1 Å². The number of anilines is 2. The second-order valence-corrected chi connectivity index (χ2v) is 7.81. The Bertz CT molecular complexity index is 988. The number of ether oxygens (including phenoxy) is 2. The Morgan fingerprint density at radius 1 is 1.16 bits per heavy atom. The van der Waals surface area contributed by atoms with Crippen molar-refractivity contribution in [3.05, 3.63) is 57.1 Å². The van der Waals surface area contributed by atoms with Gasteiger partial charge in [0.05, 0.1) is 16.6 Å². The van der Waals surface area contributed by atoms with E-state index in [1.54, 1.807) is 30.3 Å². The number of rotatable bonds is 5. The fourth-order valence-corrected chi connectivity index (χ4v) is 4.03. The van der Waals surface area contributed by atoms with Crippen molar-refractivity contribution in [3.63, 3.8) is 0 Å². The second-order valence-electron chi connectivity index (χ2n) is 7.40. The average Bonchev–Trinajstić information content (AvgIpc) is 3.18. The van der Waals surface area contributed by atoms with Gasteiger partial charge in [-0.1, -0.05) is 11.6 Å². The number of nitro benzene ring substituents is 1. The molecule has 0 aliphatic carbocycles. The number of nitro groups is 1. The zero-order valence-electron chi connectivity index (χ0n) is 16.2. The van der Waals surface area contributed by atoms with E-state index in [1.807, 2.05) is 4.90 Å². The summed E-state index contributed by atoms with van der Waals surface area (Å²) in [7, 11) is 0. The summed E-state index contributed by atoms with van der Waals surface area (Å²) in [6.45, 7) is 0.0593. The lowest BCUT2D eigenvalue weighted by Crippen LogP contribution is -2.60. The Balaban J connectivity index is 1.53. The molecule has 1 fully saturated rings. The first kappa shape index (κ1) is 21.8. The molecule has 4 rings (SSSR count). The zero-order chi connectivity index (χ0) is 22.3. The van der Waals surface area contributed by atoms with Crippen LogP contribution in [0.15, 0.2) is 36.4 Å². The Morgan fingerprint density at radius 2 is 1.94 bits per heavy atom. The fourth-order valence-electron chi connectivity index (χ4n) is 3.81. The van der Waals surface area contributed by atoms with Crippen LogP contribution in [0.25, 0.3) is 0 Å². The lowest BCUT2D eigenvalue weighted by atomic mass is 9.99. The second kappa shape index (κ2) is 8.58. The van der Waals surface area contributed by atoms with Crippen molar-refractivity contribution in [1.82, 2.24) is 0 Å². The van der Waals surface area contributed by atoms with Crippen LogP contribution in [0.5, 0.6) is 5.75 Å². The van der Waals surface area contributed by atoms with Gasteiger partial charge < -0.3 is 34.8 Å². The van der Waals surface area contributed by atoms with Crippen molar-refractivity contribution in [1.29, 1.82) is 0 Å². The molecule has 11 heteroatoms. The van der Waals surface area contributed by atoms with E-state index in [0.29, 0.717) is 13.0 Å². The van der Waals surface area contributed by atoms with Crippen molar-refractivity contribution in [3.8, 4) is 5.75 Å². The molecular weight excluding hydrogens is 432 g/mol. The third-order valence-corrected chi connectivity index (χ3v) is 5.78. The van der Waals surface area contributed by atoms with Gasteiger partial charge in [-0.25, -0.2) is 0 Å². The van der Waals surface area contributed by atoms with E-state index in [0.717, 1.165) is 16.9 Å². The summed E-state index contributed by atoms with van der Waals surface area (Å²) in [6.07, 6.45) is -6.37. The normalized spacial score (nSPS) is 27.8. The van der Waals surface area contributed by atoms with Gasteiger partial charge >= 0.3 is 0 Å². The predicted molar refractivity (Wildman–Crippen MR) is 110 cm³/mol. The van der Waals surface area contributed by atoms with Gasteiger partial charge in [0.15, 0.2) is 0 Å². The van der Waals surface area contributed by atoms with Crippen LogP contribution in [-0.4, -0.2) is 69.2 Å². The average molecular weight is 453 g/mol. The Kier molecular flexibility index (Phi) is 6.02. The monoisotopic (exact) mass is 452 g/mol. The van der Waals surface area contributed by atoms with E-state index >= 15 is 0 Å². The molecular formula is C20H21ClN2O8. The molecule has 10 nitrogen and oxygen atoms in total. The number of hydrogen-bond acceptors (Lipinski definition) is 9. The van der Waals surface area contributed by atoms with E-state index in [9.17, 15) is 30.5 Å². The molecule has 1 saturated heterocycles. The quantitative estimate of drug-likeness (QED) is 0.387. The van der Waals surface area contributed by atoms with Crippen LogP contribution < -0.4 is 9.64 Å². The third-order valence-electron chi connectivity index (χ3n) is 5.49. The third kappa shape index (κ3) is 4.05. The molecule has 0 aromatic heterocycles. The van der Waals surface area contributed by atoms with Gasteiger partial charge in [-0.15, -0.1) is 0 Å². The highest BCUT2D eigenvalue weighted by molar-refractivity contribution is 6.32. The minimum absolute atomic E-state index is 0.0434. The molecule has 0 spiro atoms. The van der Waals surface area contributed by atoms with E-state index in [4.69, 9.17) is 21.1 Å². The number of halogens is 1. The van der Waals surface area contributed by atoms with E-state index < -0.39 is 42.2 Å². The van der Waals surface area contributed by atoms with Crippen LogP contribution in [0.3, 0.4) is 0 Å². The van der Waals surface area contributed by atoms with Crippen molar-refractivity contribution >= 4 is 28.7 Å². The SMILES string of the molecule is O=[N+]([O-])c1ccc2c(c1)CCN2c1ccc(O[C@H]2OC(CO)[C@@H](O)[C@H](O)C2O)c(Cl)c1. The molecule has 2 aromatic rings. The van der Waals surface area contributed by atoms with Crippen molar-refractivity contribution in [2.45, 2.75) is 37.1 Å². The molecule has 0 radical (unpaired) electrons. The number of fused-ring (bicyclic) bond motifs is 1. The van der Waals surface area contributed by atoms with Crippen LogP contribution in [0.1, 0.15) is 5.56 Å². The summed E-state index contributed by atoms with van der Waals surface area (Å²) < 4.78 is 10.9. The molecule has 2 unspecified atom stereocenters. The van der Waals surface area contributed by atoms with Gasteiger partial charge in [-0.05, 0) is 36.2 Å². The topological polar surface area (TPSA) is 146 Å². The van der Waals surface area contributed by atoms with Crippen LogP contribution in [0, 0.1) is 10.1 Å². The molecule has 2 heterocycles. The number of aliphatic hydroxyl groups is 4. The van der Waals surface area contributed by atoms with Crippen LogP contribution >= 0.6 is 11.6 Å². The largest absolute Gasteiger partial charge is 0.460 e. The Labute approximate surface area is 182 Å². The number of nitrogens with zero attached hydrogens (tertiary/aromatic N) is 2. The van der Waals surface area contributed by atoms with Crippen LogP contribution in [0.4, 0.5) is 17.1 Å². The minimum Gasteiger partial charge on any atom is -0.460 e. The van der Waals surface area contributed by atoms with Crippen molar-refractivity contribution < 1.29 is 34.8 Å². The van der Waals surface area contributed by atoms with Gasteiger partial charge in [-0.2, -0.15) is 0 Å². The Hall–Kier alpha value is -2.47. The van der Waals surface area contributed by atoms with Crippen molar-refractivity contribution in [2.75, 3.05) is 18.1 Å². The standard InChI is InChI=1S/C20H21ClN2O8/c21-13-8-11(22-6-5-10-7-12(23(28)29)1-3-14(10)22)2-4-15(13)30-20-19(27)18(26)17(25)16(9-24)31-20/h1-4,7-8,16-20,24-27H,5-6,9H2/t16?,17-,18+,19?,20+/m1/s1. The number of benzene rings is 2. The van der Waals surface area contributed by atoms with Crippen molar-refractivity contribution in [2.24, 2.45) is 0 Å². The summed E-state index contributed by atoms with van der Waals surface area (Å²) >= 11 is 6.36. The molecule has 4 N–H and O–H groups in total. The smallest absolute Gasteiger partial charge is 0.269 e. The van der Waals surface area contributed by atoms with Gasteiger partial charge in [0.25, 0.3) is 5.69 Å². The highest BCUT2D eigenvalue weighted by Gasteiger charge is 2.44. The first-order valence-corrected chi connectivity index (χ1v) is 9.99. The van der Waals surface area contributed by atoms with Crippen LogP contribution in [0.2, 0.25) is 5.02 Å². The maximum absolute atomic E-state index is 11.0. The number of non-ortho nitro benzene ring substituents is 1. The Morgan fingerprint density at radius 3 is 2.61 bits per heavy atom. The maximum atomic E-state index is 11.0. The van der Waals surface area contributed by atoms with Crippen LogP contribution in [-0.2, 0) is 11.2 Å². The number of aliphatic hydroxyl groups excluding tert-OH is 4. The molecule has 0 amide bonds. The molecule has 0 saturated carbocycles. The predicted octanol–water partition coefficient (Wildman–Crippen LogP) is 1.12. The lowest BCUT2D eigenvalue weighted by Gasteiger charge is -2.39. The molecule has 2 aromatic carbocycles. The van der Waals surface area contributed by atoms with E-state index in [-0.39, 0.29) is 16.5 Å². The zero-order valence-corrected chi connectivity index (χ0v) is 16.9. The molecule has 2 aliphatic rings. The van der Waals surface area contributed by atoms with E-state index in [2.05, 4.69) is 0 Å². The van der Waals surface area contributed by atoms with E-state index in [1.165, 1.54) is 6.07 Å². The first-order chi connectivity index (χ1) is 14.8. The highest BCUT2D eigenvalue weighted by Crippen LogP contribution is 2.39. The molecule has 2 aliphatic heterocycles. The molecule has 166 valence electrons. The van der Waals surface area contributed by atoms with Gasteiger partial charge in [0, 0.05) is 30.1 Å².